The Morgan fingerprint density at radius 1 is 1.25 bits per heavy atom. The summed E-state index contributed by atoms with van der Waals surface area (Å²) < 4.78 is 51.5. The minimum Gasteiger partial charge on any atom is -0.305 e. The molecule has 0 aliphatic rings. The molecule has 0 saturated carbocycles. The van der Waals surface area contributed by atoms with Crippen LogP contribution in [0.15, 0.2) is 18.2 Å². The van der Waals surface area contributed by atoms with E-state index in [0.717, 1.165) is 12.1 Å². The molecule has 0 saturated heterocycles. The summed E-state index contributed by atoms with van der Waals surface area (Å²) in [5.74, 6) is -2.32. The van der Waals surface area contributed by atoms with E-state index in [1.54, 1.807) is 6.92 Å². The van der Waals surface area contributed by atoms with E-state index in [0.29, 0.717) is 13.0 Å². The smallest absolute Gasteiger partial charge is 0.257 e. The molecule has 0 spiro atoms. The Balaban J connectivity index is 2.96. The molecule has 0 amide bonds. The van der Waals surface area contributed by atoms with Crippen LogP contribution >= 0.6 is 0 Å². The second kappa shape index (κ2) is 5.84. The molecule has 0 fully saturated rings. The van der Waals surface area contributed by atoms with Gasteiger partial charge in [-0.25, -0.2) is 17.6 Å². The Labute approximate surface area is 91.5 Å². The SMILES string of the molecule is CCCNC(c1cccc(F)c1F)C(F)F. The molecule has 0 aromatic heterocycles. The highest BCUT2D eigenvalue weighted by Crippen LogP contribution is 2.24. The highest BCUT2D eigenvalue weighted by molar-refractivity contribution is 5.23. The molecule has 1 rings (SSSR count). The van der Waals surface area contributed by atoms with Gasteiger partial charge in [-0.05, 0) is 19.0 Å². The van der Waals surface area contributed by atoms with Crippen LogP contribution in [0.3, 0.4) is 0 Å². The van der Waals surface area contributed by atoms with Crippen LogP contribution in [0.25, 0.3) is 0 Å². The Kier molecular flexibility index (Phi) is 4.73. The molecule has 90 valence electrons. The molecule has 1 nitrogen and oxygen atoms in total. The third-order valence-corrected chi connectivity index (χ3v) is 2.18. The molecule has 0 heterocycles. The van der Waals surface area contributed by atoms with Crippen molar-refractivity contribution in [1.29, 1.82) is 0 Å². The average molecular weight is 235 g/mol. The number of rotatable bonds is 5. The van der Waals surface area contributed by atoms with Crippen molar-refractivity contribution >= 4 is 0 Å². The van der Waals surface area contributed by atoms with E-state index in [1.165, 1.54) is 6.07 Å². The topological polar surface area (TPSA) is 12.0 Å². The Hall–Kier alpha value is -1.10. The van der Waals surface area contributed by atoms with E-state index in [4.69, 9.17) is 0 Å². The van der Waals surface area contributed by atoms with Crippen molar-refractivity contribution in [3.63, 3.8) is 0 Å². The van der Waals surface area contributed by atoms with E-state index < -0.39 is 24.1 Å². The van der Waals surface area contributed by atoms with Gasteiger partial charge in [0.15, 0.2) is 11.6 Å². The first kappa shape index (κ1) is 13.0. The van der Waals surface area contributed by atoms with Gasteiger partial charge in [0.25, 0.3) is 6.43 Å². The van der Waals surface area contributed by atoms with Gasteiger partial charge in [0, 0.05) is 5.56 Å². The summed E-state index contributed by atoms with van der Waals surface area (Å²) in [6.07, 6.45) is -2.14. The fourth-order valence-electron chi connectivity index (χ4n) is 1.40. The highest BCUT2D eigenvalue weighted by atomic mass is 19.3. The first-order valence-corrected chi connectivity index (χ1v) is 5.03. The van der Waals surface area contributed by atoms with E-state index in [2.05, 4.69) is 5.32 Å². The maximum Gasteiger partial charge on any atom is 0.257 e. The van der Waals surface area contributed by atoms with Crippen LogP contribution in [0.2, 0.25) is 0 Å². The van der Waals surface area contributed by atoms with Crippen LogP contribution in [0.4, 0.5) is 17.6 Å². The summed E-state index contributed by atoms with van der Waals surface area (Å²) in [5.41, 5.74) is -0.330. The fraction of sp³-hybridized carbons (Fsp3) is 0.455. The zero-order valence-electron chi connectivity index (χ0n) is 8.81. The van der Waals surface area contributed by atoms with E-state index in [9.17, 15) is 17.6 Å². The summed E-state index contributed by atoms with van der Waals surface area (Å²) in [6, 6.07) is 1.83. The standard InChI is InChI=1S/C11H13F4N/c1-2-6-16-10(11(14)15)7-4-3-5-8(12)9(7)13/h3-5,10-11,16H,2,6H2,1H3. The predicted octanol–water partition coefficient (Wildman–Crippen LogP) is 3.27. The number of alkyl halides is 2. The van der Waals surface area contributed by atoms with Crippen LogP contribution in [-0.2, 0) is 0 Å². The van der Waals surface area contributed by atoms with Crippen molar-refractivity contribution in [2.24, 2.45) is 0 Å². The summed E-state index contributed by atoms with van der Waals surface area (Å²) in [5, 5.41) is 2.50. The lowest BCUT2D eigenvalue weighted by atomic mass is 10.1. The Morgan fingerprint density at radius 2 is 1.94 bits per heavy atom. The molecule has 1 atom stereocenters. The van der Waals surface area contributed by atoms with Crippen molar-refractivity contribution in [2.45, 2.75) is 25.8 Å². The van der Waals surface area contributed by atoms with Crippen LogP contribution in [0, 0.1) is 11.6 Å². The summed E-state index contributed by atoms with van der Waals surface area (Å²) >= 11 is 0. The van der Waals surface area contributed by atoms with Gasteiger partial charge in [0.2, 0.25) is 0 Å². The van der Waals surface area contributed by atoms with Crippen LogP contribution in [0.1, 0.15) is 24.9 Å². The average Bonchev–Trinajstić information content (AvgIpc) is 2.24. The second-order valence-corrected chi connectivity index (χ2v) is 3.41. The zero-order chi connectivity index (χ0) is 12.1. The number of hydrogen-bond donors (Lipinski definition) is 1. The van der Waals surface area contributed by atoms with Gasteiger partial charge in [-0.1, -0.05) is 19.1 Å². The van der Waals surface area contributed by atoms with Crippen molar-refractivity contribution in [3.8, 4) is 0 Å². The first-order chi connectivity index (χ1) is 7.57. The monoisotopic (exact) mass is 235 g/mol. The van der Waals surface area contributed by atoms with Crippen molar-refractivity contribution in [2.75, 3.05) is 6.54 Å². The maximum absolute atomic E-state index is 13.3. The van der Waals surface area contributed by atoms with Crippen LogP contribution in [-0.4, -0.2) is 13.0 Å². The molecule has 1 unspecified atom stereocenters. The lowest BCUT2D eigenvalue weighted by Crippen LogP contribution is -2.29. The minimum absolute atomic E-state index is 0.324. The van der Waals surface area contributed by atoms with Crippen molar-refractivity contribution in [1.82, 2.24) is 5.32 Å². The quantitative estimate of drug-likeness (QED) is 0.772. The lowest BCUT2D eigenvalue weighted by Gasteiger charge is -2.18. The number of nitrogens with one attached hydrogen (secondary N) is 1. The van der Waals surface area contributed by atoms with Gasteiger partial charge in [-0.3, -0.25) is 0 Å². The number of halogens is 4. The van der Waals surface area contributed by atoms with Crippen molar-refractivity contribution < 1.29 is 17.6 Å². The van der Waals surface area contributed by atoms with Gasteiger partial charge < -0.3 is 5.32 Å². The molecule has 1 N–H and O–H groups in total. The predicted molar refractivity (Wildman–Crippen MR) is 53.4 cm³/mol. The molecule has 5 heteroatoms. The molecule has 0 aliphatic heterocycles. The normalized spacial score (nSPS) is 13.1. The van der Waals surface area contributed by atoms with E-state index in [-0.39, 0.29) is 5.56 Å². The Morgan fingerprint density at radius 3 is 2.50 bits per heavy atom. The molecule has 0 bridgehead atoms. The third kappa shape index (κ3) is 2.95. The lowest BCUT2D eigenvalue weighted by molar-refractivity contribution is 0.0964. The van der Waals surface area contributed by atoms with Gasteiger partial charge in [-0.2, -0.15) is 0 Å². The Bertz CT molecular complexity index is 341. The van der Waals surface area contributed by atoms with E-state index in [1.807, 2.05) is 0 Å². The molecular formula is C11H13F4N. The number of benzene rings is 1. The summed E-state index contributed by atoms with van der Waals surface area (Å²) in [7, 11) is 0. The van der Waals surface area contributed by atoms with Gasteiger partial charge in [-0.15, -0.1) is 0 Å². The maximum atomic E-state index is 13.3. The molecular weight excluding hydrogens is 222 g/mol. The van der Waals surface area contributed by atoms with Crippen LogP contribution < -0.4 is 5.32 Å². The minimum atomic E-state index is -2.78. The van der Waals surface area contributed by atoms with E-state index >= 15 is 0 Å². The molecule has 1 aromatic carbocycles. The third-order valence-electron chi connectivity index (χ3n) is 2.18. The molecule has 1 aromatic rings. The van der Waals surface area contributed by atoms with Crippen molar-refractivity contribution in [3.05, 3.63) is 35.4 Å². The highest BCUT2D eigenvalue weighted by Gasteiger charge is 2.25. The molecule has 0 aliphatic carbocycles. The largest absolute Gasteiger partial charge is 0.305 e. The van der Waals surface area contributed by atoms with Gasteiger partial charge in [0.1, 0.15) is 0 Å². The van der Waals surface area contributed by atoms with Gasteiger partial charge in [0.05, 0.1) is 6.04 Å². The zero-order valence-corrected chi connectivity index (χ0v) is 8.81. The first-order valence-electron chi connectivity index (χ1n) is 5.03. The fourth-order valence-corrected chi connectivity index (χ4v) is 1.40. The number of hydrogen-bond acceptors (Lipinski definition) is 1. The summed E-state index contributed by atoms with van der Waals surface area (Å²) in [4.78, 5) is 0. The molecule has 16 heavy (non-hydrogen) atoms. The summed E-state index contributed by atoms with van der Waals surface area (Å²) in [6.45, 7) is 2.13. The van der Waals surface area contributed by atoms with Crippen LogP contribution in [0.5, 0.6) is 0 Å². The molecule has 0 radical (unpaired) electrons. The second-order valence-electron chi connectivity index (χ2n) is 3.41. The van der Waals surface area contributed by atoms with Gasteiger partial charge >= 0.3 is 0 Å².